The van der Waals surface area contributed by atoms with E-state index in [-0.39, 0.29) is 47.6 Å². The molecule has 0 aliphatic carbocycles. The molecule has 4 heterocycles. The Bertz CT molecular complexity index is 2510. The number of ether oxygens (including phenoxy) is 2. The first-order valence-corrected chi connectivity index (χ1v) is 25.9. The van der Waals surface area contributed by atoms with Crippen LogP contribution in [-0.4, -0.2) is 111 Å². The number of rotatable bonds is 16. The van der Waals surface area contributed by atoms with Crippen LogP contribution in [0.25, 0.3) is 0 Å². The summed E-state index contributed by atoms with van der Waals surface area (Å²) in [5.41, 5.74) is 10.2. The van der Waals surface area contributed by atoms with E-state index in [2.05, 4.69) is 65.8 Å². The number of nitrogens with one attached hydrogen (secondary N) is 1. The number of pyridine rings is 2. The first-order valence-electron chi connectivity index (χ1n) is 25.1. The fraction of sp³-hybridized carbons (Fsp3) is 0.345. The standard InChI is InChI=1S/C26H30ClN3O.C14H19NO2.C12H11ClN2.C4H6O4.C2H3BO2.Na/c27-23-11-9-22(10-12-23)26(25-8-4-5-15-28-25)29-20-21-13-16-30(17-14-21)18-19-31-24-6-2-1-3-7-24;16-12-13-6-8-15(9-7-13)10-11-17-14-4-2-1-3-5-14;13-10-6-4-9(5-7-10)12(14)11-3-1-2-8-15-11;1-3(5)7-8-4(2)6;1-2(4)5-3;/h1-12,15,21,26,29H,13-14,16-20H2;1-5,12-13H,6-11H2;1-8,12H,14H2;1-2H3;1H3;/q;;;;-1;+1. The summed E-state index contributed by atoms with van der Waals surface area (Å²) in [4.78, 5) is 61.1. The van der Waals surface area contributed by atoms with Gasteiger partial charge in [0.2, 0.25) is 5.97 Å². The second-order valence-electron chi connectivity index (χ2n) is 17.6. The quantitative estimate of drug-likeness (QED) is 0.0455. The summed E-state index contributed by atoms with van der Waals surface area (Å²) in [7, 11) is 4.32. The molecule has 403 valence electrons. The van der Waals surface area contributed by atoms with Crippen molar-refractivity contribution < 1.29 is 72.6 Å². The molecule has 2 unspecified atom stereocenters. The van der Waals surface area contributed by atoms with Gasteiger partial charge in [0.05, 0.1) is 23.5 Å². The Morgan fingerprint density at radius 3 is 1.44 bits per heavy atom. The molecule has 77 heavy (non-hydrogen) atoms. The molecular formula is C58H69BCl2N6NaO9. The summed E-state index contributed by atoms with van der Waals surface area (Å²) in [6.45, 7) is 12.2. The number of carbonyl (C=O) groups excluding carboxylic acids is 4. The Hall–Kier alpha value is -5.66. The van der Waals surface area contributed by atoms with Gasteiger partial charge in [-0.25, -0.2) is 19.4 Å². The van der Waals surface area contributed by atoms with Gasteiger partial charge in [0, 0.05) is 62.2 Å². The van der Waals surface area contributed by atoms with Gasteiger partial charge in [-0.2, -0.15) is 0 Å². The minimum absolute atomic E-state index is 0. The molecule has 19 heteroatoms. The predicted octanol–water partition coefficient (Wildman–Crippen LogP) is 6.63. The van der Waals surface area contributed by atoms with Crippen LogP contribution in [0, 0.1) is 11.8 Å². The summed E-state index contributed by atoms with van der Waals surface area (Å²) < 4.78 is 15.1. The number of para-hydroxylation sites is 2. The zero-order valence-corrected chi connectivity index (χ0v) is 48.0. The fourth-order valence-electron chi connectivity index (χ4n) is 7.74. The van der Waals surface area contributed by atoms with E-state index in [4.69, 9.17) is 38.4 Å². The number of halogens is 2. The summed E-state index contributed by atoms with van der Waals surface area (Å²) in [6, 6.07) is 47.2. The van der Waals surface area contributed by atoms with E-state index in [1.165, 1.54) is 25.3 Å². The Morgan fingerprint density at radius 2 is 1.04 bits per heavy atom. The van der Waals surface area contributed by atoms with Crippen LogP contribution < -0.4 is 50.1 Å². The number of carbonyl (C=O) groups is 4. The van der Waals surface area contributed by atoms with E-state index in [0.717, 1.165) is 125 Å². The Balaban J connectivity index is 0.000000287. The molecule has 4 aromatic carbocycles. The molecule has 2 atom stereocenters. The molecule has 6 aromatic rings. The van der Waals surface area contributed by atoms with Crippen LogP contribution in [-0.2, 0) is 33.6 Å². The topological polar surface area (TPSA) is 185 Å². The maximum absolute atomic E-state index is 10.6. The monoisotopic (exact) mass is 1100 g/mol. The zero-order valence-electron chi connectivity index (χ0n) is 44.5. The Kier molecular flexibility index (Phi) is 33.1. The van der Waals surface area contributed by atoms with Crippen molar-refractivity contribution in [2.75, 3.05) is 59.0 Å². The summed E-state index contributed by atoms with van der Waals surface area (Å²) in [6.07, 6.45) is 9.09. The summed E-state index contributed by atoms with van der Waals surface area (Å²) >= 11 is 11.9. The van der Waals surface area contributed by atoms with E-state index in [0.29, 0.717) is 10.9 Å². The second-order valence-corrected chi connectivity index (χ2v) is 18.5. The van der Waals surface area contributed by atoms with Gasteiger partial charge in [0.25, 0.3) is 0 Å². The molecule has 2 aromatic heterocycles. The predicted molar refractivity (Wildman–Crippen MR) is 297 cm³/mol. The van der Waals surface area contributed by atoms with Crippen molar-refractivity contribution in [2.24, 2.45) is 17.6 Å². The molecular weight excluding hydrogens is 1030 g/mol. The van der Waals surface area contributed by atoms with Crippen molar-refractivity contribution >= 4 is 55.4 Å². The number of aromatic nitrogens is 2. The Morgan fingerprint density at radius 1 is 0.623 bits per heavy atom. The zero-order chi connectivity index (χ0) is 54.8. The van der Waals surface area contributed by atoms with E-state index in [9.17, 15) is 19.2 Å². The second kappa shape index (κ2) is 38.8. The summed E-state index contributed by atoms with van der Waals surface area (Å²) in [5, 5.41) is 5.24. The van der Waals surface area contributed by atoms with Gasteiger partial charge in [-0.1, -0.05) is 96.0 Å². The van der Waals surface area contributed by atoms with Crippen molar-refractivity contribution in [1.29, 1.82) is 0 Å². The molecule has 15 nitrogen and oxygen atoms in total. The molecule has 0 saturated carbocycles. The van der Waals surface area contributed by atoms with Crippen molar-refractivity contribution in [1.82, 2.24) is 25.1 Å². The minimum atomic E-state index is -0.639. The molecule has 2 aliphatic rings. The van der Waals surface area contributed by atoms with Crippen LogP contribution in [0.1, 0.15) is 81.1 Å². The van der Waals surface area contributed by atoms with Crippen molar-refractivity contribution in [3.8, 4) is 11.5 Å². The number of nitrogens with zero attached hydrogens (tertiary/aromatic N) is 4. The maximum atomic E-state index is 10.6. The SMILES string of the molecule is CC(=O)OOC(C)=O.Clc1ccc(C(NCC2CCN(CCOc3ccccc3)CC2)c2ccccn2)cc1.NC(c1ccc(Cl)cc1)c1ccccn1.O=CC1CCN(CCOc2ccccc2)CC1.[B-]OC(C)=O.[Na+]. The number of benzene rings is 4. The van der Waals surface area contributed by atoms with Crippen LogP contribution in [0.2, 0.25) is 10.0 Å². The van der Waals surface area contributed by atoms with Gasteiger partial charge in [0.1, 0.15) is 31.0 Å². The molecule has 8 rings (SSSR count). The van der Waals surface area contributed by atoms with Crippen LogP contribution in [0.4, 0.5) is 0 Å². The van der Waals surface area contributed by atoms with E-state index in [1.54, 1.807) is 6.20 Å². The summed E-state index contributed by atoms with van der Waals surface area (Å²) in [5.74, 6) is 1.08. The van der Waals surface area contributed by atoms with Crippen molar-refractivity contribution in [2.45, 2.75) is 58.5 Å². The average Bonchev–Trinajstić information content (AvgIpc) is 3.45. The molecule has 2 saturated heterocycles. The van der Waals surface area contributed by atoms with Gasteiger partial charge in [-0.15, -0.1) is 0 Å². The van der Waals surface area contributed by atoms with E-state index in [1.807, 2.05) is 134 Å². The normalized spacial score (nSPS) is 14.1. The third-order valence-corrected chi connectivity index (χ3v) is 12.4. The number of piperidine rings is 2. The third kappa shape index (κ3) is 28.0. The first kappa shape index (κ1) is 65.6. The molecule has 3 N–H and O–H groups in total. The van der Waals surface area contributed by atoms with Gasteiger partial charge in [-0.3, -0.25) is 24.6 Å². The number of likely N-dealkylation sites (tertiary alicyclic amines) is 2. The van der Waals surface area contributed by atoms with Crippen LogP contribution >= 0.6 is 23.2 Å². The Labute approximate surface area is 487 Å². The number of hydrogen-bond donors (Lipinski definition) is 2. The molecule has 2 aliphatic heterocycles. The van der Waals surface area contributed by atoms with Crippen molar-refractivity contribution in [3.05, 3.63) is 191 Å². The smallest absolute Gasteiger partial charge is 0.793 e. The fourth-order valence-corrected chi connectivity index (χ4v) is 8.00. The number of aldehydes is 1. The average molecular weight is 1100 g/mol. The molecule has 0 bridgehead atoms. The number of hydrogen-bond acceptors (Lipinski definition) is 15. The van der Waals surface area contributed by atoms with Gasteiger partial charge >= 0.3 is 41.5 Å². The molecule has 0 amide bonds. The van der Waals surface area contributed by atoms with Crippen LogP contribution in [0.15, 0.2) is 158 Å². The number of nitrogens with two attached hydrogens (primary N) is 1. The van der Waals surface area contributed by atoms with Gasteiger partial charge < -0.3 is 38.0 Å². The third-order valence-electron chi connectivity index (χ3n) is 11.8. The van der Waals surface area contributed by atoms with E-state index < -0.39 is 17.9 Å². The molecule has 0 spiro atoms. The van der Waals surface area contributed by atoms with E-state index >= 15 is 0 Å². The largest absolute Gasteiger partial charge is 1.00 e. The van der Waals surface area contributed by atoms with Crippen molar-refractivity contribution in [3.63, 3.8) is 0 Å². The minimum Gasteiger partial charge on any atom is -0.793 e. The first-order chi connectivity index (χ1) is 36.8. The van der Waals surface area contributed by atoms with Crippen LogP contribution in [0.3, 0.4) is 0 Å². The maximum Gasteiger partial charge on any atom is 1.00 e. The molecule has 3 radical (unpaired) electrons. The van der Waals surface area contributed by atoms with Gasteiger partial charge in [0.15, 0.2) is 0 Å². The van der Waals surface area contributed by atoms with Gasteiger partial charge in [-0.05, 0) is 148 Å². The van der Waals surface area contributed by atoms with Crippen LogP contribution in [0.5, 0.6) is 11.5 Å². The molecule has 2 fully saturated rings.